The second-order valence-electron chi connectivity index (χ2n) is 6.90. The molecule has 3 amide bonds. The zero-order chi connectivity index (χ0) is 21.3. The van der Waals surface area contributed by atoms with Crippen LogP contribution >= 0.6 is 11.8 Å². The van der Waals surface area contributed by atoms with Gasteiger partial charge in [-0.15, -0.1) is 11.8 Å². The van der Waals surface area contributed by atoms with Gasteiger partial charge in [-0.2, -0.15) is 0 Å². The summed E-state index contributed by atoms with van der Waals surface area (Å²) in [5.74, 6) is -5.94. The maximum atomic E-state index is 12.6. The van der Waals surface area contributed by atoms with Crippen molar-refractivity contribution >= 4 is 41.4 Å². The van der Waals surface area contributed by atoms with Gasteiger partial charge < -0.3 is 25.7 Å². The van der Waals surface area contributed by atoms with Crippen molar-refractivity contribution in [3.05, 3.63) is 35.9 Å². The second-order valence-corrected chi connectivity index (χ2v) is 8.01. The number of β-lactam (4-membered cyclic amide) rings is 1. The molecule has 154 valence electrons. The number of nitrogens with zero attached hydrogens (tertiary/aromatic N) is 1. The largest absolute Gasteiger partial charge is 0.480 e. The van der Waals surface area contributed by atoms with Crippen LogP contribution in [0.1, 0.15) is 18.4 Å². The third-order valence-electron chi connectivity index (χ3n) is 4.85. The Morgan fingerprint density at radius 3 is 2.41 bits per heavy atom. The van der Waals surface area contributed by atoms with E-state index in [0.717, 1.165) is 11.8 Å². The van der Waals surface area contributed by atoms with Gasteiger partial charge in [0.15, 0.2) is 11.5 Å². The van der Waals surface area contributed by atoms with Crippen LogP contribution in [0, 0.1) is 0 Å². The number of amides is 3. The number of benzene rings is 1. The highest BCUT2D eigenvalue weighted by molar-refractivity contribution is 8.00. The predicted octanol–water partition coefficient (Wildman–Crippen LogP) is -0.786. The van der Waals surface area contributed by atoms with Gasteiger partial charge in [0.05, 0.1) is 6.54 Å². The molecule has 3 rings (SSSR count). The van der Waals surface area contributed by atoms with Gasteiger partial charge in [-0.05, 0) is 5.56 Å². The predicted molar refractivity (Wildman–Crippen MR) is 101 cm³/mol. The topological polar surface area (TPSA) is 153 Å². The van der Waals surface area contributed by atoms with Crippen LogP contribution in [0.15, 0.2) is 30.3 Å². The number of fused-ring (bicyclic) bond motifs is 1. The Kier molecular flexibility index (Phi) is 5.51. The first kappa shape index (κ1) is 20.6. The lowest BCUT2D eigenvalue weighted by atomic mass is 9.94. The number of carbonyl (C=O) groups is 5. The molecule has 2 aliphatic heterocycles. The number of thioether (sulfide) groups is 1. The highest BCUT2D eigenvalue weighted by Gasteiger charge is 2.58. The number of nitrogens with one attached hydrogen (secondary N) is 2. The molecule has 0 spiro atoms. The van der Waals surface area contributed by atoms with Crippen molar-refractivity contribution in [2.45, 2.75) is 29.8 Å². The molecule has 4 atom stereocenters. The molecule has 29 heavy (non-hydrogen) atoms. The van der Waals surface area contributed by atoms with Crippen molar-refractivity contribution in [3.8, 4) is 0 Å². The Hall–Kier alpha value is -3.08. The molecule has 0 bridgehead atoms. The summed E-state index contributed by atoms with van der Waals surface area (Å²) in [5, 5.41) is 23.3. The van der Waals surface area contributed by atoms with E-state index in [-0.39, 0.29) is 17.9 Å². The van der Waals surface area contributed by atoms with E-state index in [1.807, 2.05) is 0 Å². The molecule has 2 heterocycles. The lowest BCUT2D eigenvalue weighted by Gasteiger charge is -2.53. The van der Waals surface area contributed by atoms with Gasteiger partial charge in [0.25, 0.3) is 0 Å². The number of hydrogen-bond acceptors (Lipinski definition) is 6. The Morgan fingerprint density at radius 1 is 1.21 bits per heavy atom. The van der Waals surface area contributed by atoms with Gasteiger partial charge in [-0.3, -0.25) is 19.2 Å². The van der Waals surface area contributed by atoms with E-state index < -0.39 is 52.5 Å². The molecule has 4 N–H and O–H groups in total. The fourth-order valence-corrected chi connectivity index (χ4v) is 4.94. The number of carboxylic acids is 2. The molecule has 11 heteroatoms. The molecule has 1 aromatic rings. The summed E-state index contributed by atoms with van der Waals surface area (Å²) in [7, 11) is 0. The smallest absolute Gasteiger partial charge is 0.332 e. The van der Waals surface area contributed by atoms with E-state index in [1.165, 1.54) is 24.0 Å². The van der Waals surface area contributed by atoms with Gasteiger partial charge >= 0.3 is 11.9 Å². The minimum atomic E-state index is -1.61. The molecule has 10 nitrogen and oxygen atoms in total. The molecule has 1 aromatic carbocycles. The minimum Gasteiger partial charge on any atom is -0.480 e. The van der Waals surface area contributed by atoms with Gasteiger partial charge in [0.2, 0.25) is 17.7 Å². The molecule has 3 unspecified atom stereocenters. The molecule has 2 fully saturated rings. The Bertz CT molecular complexity index is 877. The zero-order valence-corrected chi connectivity index (χ0v) is 16.1. The van der Waals surface area contributed by atoms with E-state index in [1.54, 1.807) is 18.2 Å². The van der Waals surface area contributed by atoms with Crippen molar-refractivity contribution in [2.24, 2.45) is 0 Å². The number of carboxylic acid groups (broad SMARTS) is 2. The lowest BCUT2D eigenvalue weighted by Crippen LogP contribution is -2.77. The first-order valence-corrected chi connectivity index (χ1v) is 9.73. The van der Waals surface area contributed by atoms with Crippen molar-refractivity contribution in [2.75, 3.05) is 12.3 Å². The molecule has 0 aliphatic carbocycles. The number of rotatable bonds is 6. The summed E-state index contributed by atoms with van der Waals surface area (Å²) in [5.41, 5.74) is -1.32. The fourth-order valence-electron chi connectivity index (χ4n) is 3.46. The van der Waals surface area contributed by atoms with Crippen LogP contribution in [-0.4, -0.2) is 74.0 Å². The lowest BCUT2D eigenvalue weighted by molar-refractivity contribution is -0.158. The maximum Gasteiger partial charge on any atom is 0.332 e. The molecular formula is C18H19N3O7S. The van der Waals surface area contributed by atoms with Crippen LogP contribution in [-0.2, 0) is 24.0 Å². The van der Waals surface area contributed by atoms with Crippen LogP contribution in [0.5, 0.6) is 0 Å². The molecule has 2 aliphatic rings. The monoisotopic (exact) mass is 421 g/mol. The summed E-state index contributed by atoms with van der Waals surface area (Å²) in [4.78, 5) is 61.0. The minimum absolute atomic E-state index is 0.00374. The SMILES string of the molecule is CC(=O)NC1(C(=O)O)CS[C@@H]2C(NC(=O)C(C(=O)O)c3ccccc3)C(=O)N2C1. The van der Waals surface area contributed by atoms with Crippen molar-refractivity contribution in [1.29, 1.82) is 0 Å². The quantitative estimate of drug-likeness (QED) is 0.344. The van der Waals surface area contributed by atoms with Gasteiger partial charge in [0.1, 0.15) is 11.4 Å². The van der Waals surface area contributed by atoms with E-state index in [9.17, 15) is 34.2 Å². The number of aliphatic carboxylic acids is 2. The first-order valence-electron chi connectivity index (χ1n) is 8.68. The summed E-state index contributed by atoms with van der Waals surface area (Å²) < 4.78 is 0. The second kappa shape index (κ2) is 7.74. The van der Waals surface area contributed by atoms with Crippen molar-refractivity contribution < 1.29 is 34.2 Å². The van der Waals surface area contributed by atoms with Crippen LogP contribution < -0.4 is 10.6 Å². The summed E-state index contributed by atoms with van der Waals surface area (Å²) in [6, 6.07) is 6.98. The molecular weight excluding hydrogens is 402 g/mol. The van der Waals surface area contributed by atoms with Crippen molar-refractivity contribution in [3.63, 3.8) is 0 Å². The van der Waals surface area contributed by atoms with E-state index in [2.05, 4.69) is 10.6 Å². The molecule has 0 aromatic heterocycles. The van der Waals surface area contributed by atoms with Gasteiger partial charge in [0, 0.05) is 12.7 Å². The highest BCUT2D eigenvalue weighted by Crippen LogP contribution is 2.38. The average molecular weight is 421 g/mol. The average Bonchev–Trinajstić information content (AvgIpc) is 2.66. The highest BCUT2D eigenvalue weighted by atomic mass is 32.2. The van der Waals surface area contributed by atoms with Gasteiger partial charge in [-0.25, -0.2) is 4.79 Å². The van der Waals surface area contributed by atoms with Crippen LogP contribution in [0.3, 0.4) is 0 Å². The van der Waals surface area contributed by atoms with Crippen LogP contribution in [0.25, 0.3) is 0 Å². The van der Waals surface area contributed by atoms with Crippen LogP contribution in [0.4, 0.5) is 0 Å². The summed E-state index contributed by atoms with van der Waals surface area (Å²) >= 11 is 1.11. The van der Waals surface area contributed by atoms with Crippen LogP contribution in [0.2, 0.25) is 0 Å². The normalized spacial score (nSPS) is 26.5. The molecule has 0 radical (unpaired) electrons. The maximum absolute atomic E-state index is 12.6. The molecule has 2 saturated heterocycles. The van der Waals surface area contributed by atoms with E-state index >= 15 is 0 Å². The Morgan fingerprint density at radius 2 is 1.86 bits per heavy atom. The van der Waals surface area contributed by atoms with E-state index in [0.29, 0.717) is 0 Å². The number of carbonyl (C=O) groups excluding carboxylic acids is 3. The zero-order valence-electron chi connectivity index (χ0n) is 15.3. The number of hydrogen-bond donors (Lipinski definition) is 4. The third kappa shape index (κ3) is 3.77. The third-order valence-corrected chi connectivity index (χ3v) is 6.37. The fraction of sp³-hybridized carbons (Fsp3) is 0.389. The summed E-state index contributed by atoms with van der Waals surface area (Å²) in [6.45, 7) is 0.962. The van der Waals surface area contributed by atoms with Gasteiger partial charge in [-0.1, -0.05) is 30.3 Å². The van der Waals surface area contributed by atoms with Crippen molar-refractivity contribution in [1.82, 2.24) is 15.5 Å². The molecule has 0 saturated carbocycles. The van der Waals surface area contributed by atoms with E-state index in [4.69, 9.17) is 0 Å². The Labute approximate surface area is 169 Å². The Balaban J connectivity index is 1.72. The standard InChI is InChI=1S/C18H19N3O7S/c1-9(22)20-18(17(27)28)7-21-14(24)12(15(21)29-8-18)19-13(23)11(16(25)26)10-5-3-2-4-6-10/h2-6,11-12,15H,7-8H2,1H3,(H,19,23)(H,20,22)(H,25,26)(H,27,28)/t11?,12?,15-,18?/m1/s1. The first-order chi connectivity index (χ1) is 13.7. The summed E-state index contributed by atoms with van der Waals surface area (Å²) in [6.07, 6.45) is 0.